The van der Waals surface area contributed by atoms with Crippen LogP contribution in [0.2, 0.25) is 0 Å². The summed E-state index contributed by atoms with van der Waals surface area (Å²) in [4.78, 5) is 16.0. The lowest BCUT2D eigenvalue weighted by molar-refractivity contribution is 0.590. The van der Waals surface area contributed by atoms with Crippen molar-refractivity contribution in [2.24, 2.45) is 0 Å². The minimum absolute atomic E-state index is 0.0219. The Hall–Kier alpha value is -9.91. The minimum Gasteiger partial charge on any atom is -0.310 e. The fourth-order valence-electron chi connectivity index (χ4n) is 13.4. The maximum absolute atomic E-state index is 5.43. The second-order valence-corrected chi connectivity index (χ2v) is 24.8. The average Bonchev–Trinajstić information content (AvgIpc) is 3.54. The lowest BCUT2D eigenvalue weighted by Crippen LogP contribution is -2.59. The molecular weight excluding hydrogens is 1010 g/mol. The van der Waals surface area contributed by atoms with Crippen LogP contribution >= 0.6 is 0 Å². The third-order valence-corrected chi connectivity index (χ3v) is 17.7. The summed E-state index contributed by atoms with van der Waals surface area (Å²) in [5.74, 6) is 1.88. The van der Waals surface area contributed by atoms with Gasteiger partial charge in [0.25, 0.3) is 6.71 Å². The van der Waals surface area contributed by atoms with Crippen LogP contribution in [-0.2, 0) is 10.8 Å². The second kappa shape index (κ2) is 18.3. The number of aromatic nitrogens is 5. The SMILES string of the molecule is CC(C)(C)c1ccc(-c2cc3c4c(c2)c2cc(-c5ccccc5)ccc2n4-c2cc(-c4nc(-c5ccccc5)nc(-c5ccccc5)n4)cc4c2B3c2cc(-c3ccc(C(C)(C)C)cc3)cc3c5cc(-c6ccccc6)ccc5n-4c23)cc1. The Labute approximate surface area is 484 Å². The molecule has 16 rings (SSSR count). The minimum atomic E-state index is -0.157. The van der Waals surface area contributed by atoms with Gasteiger partial charge in [0.15, 0.2) is 17.5 Å². The Kier molecular flexibility index (Phi) is 10.8. The molecule has 0 spiro atoms. The smallest absolute Gasteiger partial charge is 0.252 e. The molecule has 0 unspecified atom stereocenters. The second-order valence-electron chi connectivity index (χ2n) is 24.8. The number of hydrogen-bond donors (Lipinski definition) is 0. The van der Waals surface area contributed by atoms with Crippen molar-refractivity contribution in [3.8, 4) is 90.0 Å². The first-order valence-corrected chi connectivity index (χ1v) is 29.0. The highest BCUT2D eigenvalue weighted by Gasteiger charge is 2.42. The molecule has 0 radical (unpaired) electrons. The summed E-state index contributed by atoms with van der Waals surface area (Å²) < 4.78 is 5.15. The Balaban J connectivity index is 1.06. The van der Waals surface area contributed by atoms with Crippen molar-refractivity contribution in [1.29, 1.82) is 0 Å². The molecule has 0 bridgehead atoms. The summed E-state index contributed by atoms with van der Waals surface area (Å²) in [5, 5.41) is 4.87. The predicted molar refractivity (Wildman–Crippen MR) is 349 cm³/mol. The number of fused-ring (bicyclic) bond motifs is 10. The normalized spacial score (nSPS) is 12.7. The highest BCUT2D eigenvalue weighted by molar-refractivity contribution is 7.00. The number of nitrogens with zero attached hydrogens (tertiary/aromatic N) is 5. The number of rotatable bonds is 7. The molecule has 14 aromatic rings. The van der Waals surface area contributed by atoms with E-state index in [1.807, 2.05) is 12.1 Å². The molecule has 5 heterocycles. The van der Waals surface area contributed by atoms with Crippen molar-refractivity contribution in [2.45, 2.75) is 52.4 Å². The fraction of sp³-hybridized carbons (Fsp3) is 0.104. The van der Waals surface area contributed by atoms with Crippen molar-refractivity contribution < 1.29 is 0 Å². The maximum atomic E-state index is 5.43. The molecule has 394 valence electrons. The van der Waals surface area contributed by atoms with E-state index in [2.05, 4.69) is 281 Å². The Morgan fingerprint density at radius 1 is 0.289 bits per heavy atom. The zero-order valence-electron chi connectivity index (χ0n) is 47.4. The molecule has 0 atom stereocenters. The van der Waals surface area contributed by atoms with Gasteiger partial charge in [-0.05, 0) is 131 Å². The van der Waals surface area contributed by atoms with E-state index in [0.717, 1.165) is 39.1 Å². The first kappa shape index (κ1) is 49.0. The molecule has 83 heavy (non-hydrogen) atoms. The first-order valence-electron chi connectivity index (χ1n) is 29.0. The van der Waals surface area contributed by atoms with Gasteiger partial charge in [-0.1, -0.05) is 236 Å². The molecule has 3 aromatic heterocycles. The lowest BCUT2D eigenvalue weighted by atomic mass is 9.34. The van der Waals surface area contributed by atoms with Gasteiger partial charge >= 0.3 is 0 Å². The molecule has 11 aromatic carbocycles. The Bertz CT molecular complexity index is 4630. The van der Waals surface area contributed by atoms with E-state index in [1.165, 1.54) is 105 Å². The van der Waals surface area contributed by atoms with Crippen molar-refractivity contribution >= 4 is 66.7 Å². The largest absolute Gasteiger partial charge is 0.310 e. The van der Waals surface area contributed by atoms with Crippen molar-refractivity contribution in [1.82, 2.24) is 24.1 Å². The van der Waals surface area contributed by atoms with Gasteiger partial charge in [-0.25, -0.2) is 15.0 Å². The summed E-state index contributed by atoms with van der Waals surface area (Å²) in [6.45, 7) is 13.6. The summed E-state index contributed by atoms with van der Waals surface area (Å²) in [6.07, 6.45) is 0. The monoisotopic (exact) mass is 1060 g/mol. The molecule has 6 heteroatoms. The lowest BCUT2D eigenvalue weighted by Gasteiger charge is -2.34. The van der Waals surface area contributed by atoms with E-state index in [9.17, 15) is 0 Å². The standard InChI is InChI=1S/C77H58BN5/c1-76(2,3)58-33-27-49(28-34-58)55-41-62-60-39-53(47-19-11-7-12-20-47)31-37-66(60)82-68-45-57(75-80-73(51-23-15-9-16-24-51)79-74(81-75)52-25-17-10-18-26-52)46-69-70(68)78(64(43-55)71(62)82)65-44-56(50-29-35-59(36-30-50)77(4,5)6)42-63-61-40-54(48-21-13-8-14-22-48)32-38-67(61)83(69)72(63)65/h7-46H,1-6H3. The van der Waals surface area contributed by atoms with Gasteiger partial charge in [-0.15, -0.1) is 0 Å². The summed E-state index contributed by atoms with van der Waals surface area (Å²) >= 11 is 0. The van der Waals surface area contributed by atoms with E-state index in [0.29, 0.717) is 17.5 Å². The van der Waals surface area contributed by atoms with E-state index in [1.54, 1.807) is 0 Å². The molecule has 2 aliphatic rings. The maximum Gasteiger partial charge on any atom is 0.252 e. The number of benzene rings is 11. The van der Waals surface area contributed by atoms with Gasteiger partial charge in [0.1, 0.15) is 0 Å². The Morgan fingerprint density at radius 3 is 0.988 bits per heavy atom. The number of hydrogen-bond acceptors (Lipinski definition) is 3. The third-order valence-electron chi connectivity index (χ3n) is 17.7. The molecule has 0 aliphatic carbocycles. The van der Waals surface area contributed by atoms with Crippen LogP contribution in [0.4, 0.5) is 0 Å². The van der Waals surface area contributed by atoms with Gasteiger partial charge in [0.05, 0.1) is 11.0 Å². The zero-order valence-corrected chi connectivity index (χ0v) is 47.4. The molecule has 0 amide bonds. The van der Waals surface area contributed by atoms with E-state index in [4.69, 9.17) is 15.0 Å². The van der Waals surface area contributed by atoms with Crippen LogP contribution in [0.15, 0.2) is 243 Å². The fourth-order valence-corrected chi connectivity index (χ4v) is 13.4. The summed E-state index contributed by atoms with van der Waals surface area (Å²) in [6, 6.07) is 89.8. The van der Waals surface area contributed by atoms with Crippen molar-refractivity contribution in [3.05, 3.63) is 254 Å². The van der Waals surface area contributed by atoms with Crippen molar-refractivity contribution in [2.75, 3.05) is 0 Å². The molecule has 0 fully saturated rings. The molecule has 0 saturated heterocycles. The molecule has 0 saturated carbocycles. The van der Waals surface area contributed by atoms with E-state index < -0.39 is 0 Å². The molecule has 0 N–H and O–H groups in total. The zero-order chi connectivity index (χ0) is 55.9. The predicted octanol–water partition coefficient (Wildman–Crippen LogP) is 17.5. The topological polar surface area (TPSA) is 48.5 Å². The van der Waals surface area contributed by atoms with Gasteiger partial charge in [0, 0.05) is 60.6 Å². The molecular formula is C77H58BN5. The van der Waals surface area contributed by atoms with Gasteiger partial charge < -0.3 is 9.13 Å². The highest BCUT2D eigenvalue weighted by Crippen LogP contribution is 2.45. The van der Waals surface area contributed by atoms with Crippen LogP contribution in [-0.4, -0.2) is 30.8 Å². The van der Waals surface area contributed by atoms with Gasteiger partial charge in [0.2, 0.25) is 0 Å². The molecule has 5 nitrogen and oxygen atoms in total. The van der Waals surface area contributed by atoms with Gasteiger partial charge in [-0.2, -0.15) is 0 Å². The van der Waals surface area contributed by atoms with Crippen LogP contribution in [0.1, 0.15) is 52.7 Å². The van der Waals surface area contributed by atoms with E-state index in [-0.39, 0.29) is 17.5 Å². The Morgan fingerprint density at radius 2 is 0.614 bits per heavy atom. The van der Waals surface area contributed by atoms with Gasteiger partial charge in [-0.3, -0.25) is 0 Å². The van der Waals surface area contributed by atoms with Crippen LogP contribution in [0.3, 0.4) is 0 Å². The average molecular weight is 1060 g/mol. The van der Waals surface area contributed by atoms with Crippen LogP contribution < -0.4 is 16.4 Å². The molecule has 2 aliphatic heterocycles. The van der Waals surface area contributed by atoms with E-state index >= 15 is 0 Å². The van der Waals surface area contributed by atoms with Crippen LogP contribution in [0, 0.1) is 0 Å². The van der Waals surface area contributed by atoms with Crippen LogP contribution in [0.5, 0.6) is 0 Å². The summed E-state index contributed by atoms with van der Waals surface area (Å²) in [7, 11) is 0. The first-order chi connectivity index (χ1) is 40.4. The van der Waals surface area contributed by atoms with Crippen molar-refractivity contribution in [3.63, 3.8) is 0 Å². The summed E-state index contributed by atoms with van der Waals surface area (Å²) in [5.41, 5.74) is 25.8. The quantitative estimate of drug-likeness (QED) is 0.149. The highest BCUT2D eigenvalue weighted by atomic mass is 15.1. The third kappa shape index (κ3) is 7.87. The van der Waals surface area contributed by atoms with Crippen LogP contribution in [0.25, 0.3) is 134 Å².